The lowest BCUT2D eigenvalue weighted by Crippen LogP contribution is -2.11. The van der Waals surface area contributed by atoms with Crippen LogP contribution in [0.1, 0.15) is 52.7 Å². The molecule has 0 unspecified atom stereocenters. The van der Waals surface area contributed by atoms with E-state index in [4.69, 9.17) is 0 Å². The normalized spacial score (nSPS) is 12.3. The Bertz CT molecular complexity index is 3140. The Kier molecular flexibility index (Phi) is 8.32. The molecule has 58 heavy (non-hydrogen) atoms. The van der Waals surface area contributed by atoms with Gasteiger partial charge in [0, 0.05) is 27.7 Å². The molecule has 2 heteroatoms. The summed E-state index contributed by atoms with van der Waals surface area (Å²) in [5.74, 6) is 0. The van der Waals surface area contributed by atoms with Crippen molar-refractivity contribution in [2.45, 2.75) is 52.4 Å². The van der Waals surface area contributed by atoms with Crippen LogP contribution < -0.4 is 0 Å². The summed E-state index contributed by atoms with van der Waals surface area (Å²) in [5.41, 5.74) is 14.7. The Labute approximate surface area is 341 Å². The van der Waals surface area contributed by atoms with E-state index >= 15 is 0 Å². The molecular weight excluding hydrogens is 701 g/mol. The molecule has 8 aromatic carbocycles. The van der Waals surface area contributed by atoms with Crippen molar-refractivity contribution < 1.29 is 0 Å². The Balaban J connectivity index is 1.17. The second-order valence-corrected chi connectivity index (χ2v) is 17.9. The maximum atomic E-state index is 2.48. The van der Waals surface area contributed by atoms with E-state index in [9.17, 15) is 0 Å². The molecule has 282 valence electrons. The van der Waals surface area contributed by atoms with Crippen molar-refractivity contribution in [1.82, 2.24) is 9.13 Å². The maximum Gasteiger partial charge on any atom is 0.0547 e. The van der Waals surface area contributed by atoms with Crippen LogP contribution in [0.4, 0.5) is 0 Å². The molecule has 0 aliphatic rings. The monoisotopic (exact) mass is 748 g/mol. The summed E-state index contributed by atoms with van der Waals surface area (Å²) < 4.78 is 4.89. The van der Waals surface area contributed by atoms with E-state index in [2.05, 4.69) is 233 Å². The Morgan fingerprint density at radius 1 is 0.328 bits per heavy atom. The van der Waals surface area contributed by atoms with Crippen LogP contribution in [0.25, 0.3) is 88.4 Å². The van der Waals surface area contributed by atoms with Gasteiger partial charge < -0.3 is 9.13 Å². The highest BCUT2D eigenvalue weighted by Crippen LogP contribution is 2.41. The van der Waals surface area contributed by atoms with Gasteiger partial charge in [-0.1, -0.05) is 163 Å². The van der Waals surface area contributed by atoms with Crippen LogP contribution in [0.5, 0.6) is 0 Å². The number of benzene rings is 8. The number of hydrogen-bond donors (Lipinski definition) is 0. The number of hydrogen-bond acceptors (Lipinski definition) is 0. The standard InChI is InChI=1S/C56H48N2/c1-55(2,3)43-23-27-45(28-24-43)57-51-31-22-38(32-42(51)36-52(57)37-14-8-7-9-15-37)39-20-21-41-35-54(58(53(41)34-39)46-29-25-44(26-30-46)56(4,5)6)50-33-40-16-10-11-17-47(40)48-18-12-13-19-49(48)50/h7-36H,1-6H3. The molecule has 0 amide bonds. The van der Waals surface area contributed by atoms with Crippen LogP contribution in [-0.4, -0.2) is 9.13 Å². The summed E-state index contributed by atoms with van der Waals surface area (Å²) >= 11 is 0. The third-order valence-corrected chi connectivity index (χ3v) is 12.0. The molecule has 0 spiro atoms. The van der Waals surface area contributed by atoms with Crippen LogP contribution >= 0.6 is 0 Å². The third-order valence-electron chi connectivity index (χ3n) is 12.0. The molecule has 10 rings (SSSR count). The van der Waals surface area contributed by atoms with Crippen molar-refractivity contribution in [2.24, 2.45) is 0 Å². The first-order valence-corrected chi connectivity index (χ1v) is 20.5. The van der Waals surface area contributed by atoms with Crippen molar-refractivity contribution in [3.63, 3.8) is 0 Å². The van der Waals surface area contributed by atoms with Crippen LogP contribution in [0.3, 0.4) is 0 Å². The van der Waals surface area contributed by atoms with Gasteiger partial charge in [-0.05, 0) is 121 Å². The first-order chi connectivity index (χ1) is 28.0. The van der Waals surface area contributed by atoms with Crippen molar-refractivity contribution >= 4 is 43.4 Å². The molecule has 2 aromatic heterocycles. The average molecular weight is 749 g/mol. The lowest BCUT2D eigenvalue weighted by molar-refractivity contribution is 0.590. The summed E-state index contributed by atoms with van der Waals surface area (Å²) in [4.78, 5) is 0. The predicted molar refractivity (Wildman–Crippen MR) is 249 cm³/mol. The minimum Gasteiger partial charge on any atom is -0.309 e. The van der Waals surface area contributed by atoms with Gasteiger partial charge in [-0.2, -0.15) is 0 Å². The predicted octanol–water partition coefficient (Wildman–Crippen LogP) is 15.5. The van der Waals surface area contributed by atoms with Gasteiger partial charge in [-0.25, -0.2) is 0 Å². The van der Waals surface area contributed by atoms with Crippen molar-refractivity contribution in [1.29, 1.82) is 0 Å². The molecule has 0 bridgehead atoms. The largest absolute Gasteiger partial charge is 0.309 e. The van der Waals surface area contributed by atoms with E-state index in [0.717, 1.165) is 5.69 Å². The van der Waals surface area contributed by atoms with Gasteiger partial charge >= 0.3 is 0 Å². The Morgan fingerprint density at radius 2 is 0.862 bits per heavy atom. The lowest BCUT2D eigenvalue weighted by atomic mass is 9.87. The fourth-order valence-corrected chi connectivity index (χ4v) is 8.84. The van der Waals surface area contributed by atoms with Crippen LogP contribution in [0.2, 0.25) is 0 Å². The minimum atomic E-state index is 0.0652. The highest BCUT2D eigenvalue weighted by molar-refractivity contribution is 6.14. The molecular formula is C56H48N2. The summed E-state index contributed by atoms with van der Waals surface area (Å²) in [5, 5.41) is 7.49. The lowest BCUT2D eigenvalue weighted by Gasteiger charge is -2.20. The molecule has 0 saturated heterocycles. The van der Waals surface area contributed by atoms with E-state index in [-0.39, 0.29) is 10.8 Å². The maximum absolute atomic E-state index is 2.48. The summed E-state index contributed by atoms with van der Waals surface area (Å²) in [6.45, 7) is 13.7. The molecule has 0 aliphatic carbocycles. The SMILES string of the molecule is CC(C)(C)c1ccc(-n2c(-c3ccccc3)cc3cc(-c4ccc5cc(-c6cc7ccccc7c7ccccc67)n(-c6ccc(C(C)(C)C)cc6)c5c4)ccc32)cc1. The van der Waals surface area contributed by atoms with Gasteiger partial charge in [0.05, 0.1) is 22.4 Å². The van der Waals surface area contributed by atoms with Gasteiger partial charge in [0.15, 0.2) is 0 Å². The zero-order valence-electron chi connectivity index (χ0n) is 34.2. The quantitative estimate of drug-likeness (QED) is 0.155. The van der Waals surface area contributed by atoms with Gasteiger partial charge in [-0.3, -0.25) is 0 Å². The van der Waals surface area contributed by atoms with Crippen molar-refractivity contribution in [2.75, 3.05) is 0 Å². The molecule has 0 atom stereocenters. The Morgan fingerprint density at radius 3 is 1.52 bits per heavy atom. The molecule has 10 aromatic rings. The van der Waals surface area contributed by atoms with Crippen molar-refractivity contribution in [3.8, 4) is 45.0 Å². The molecule has 0 aliphatic heterocycles. The number of rotatable bonds is 5. The van der Waals surface area contributed by atoms with Gasteiger partial charge in [-0.15, -0.1) is 0 Å². The minimum absolute atomic E-state index is 0.0652. The fourth-order valence-electron chi connectivity index (χ4n) is 8.84. The molecule has 0 fully saturated rings. The van der Waals surface area contributed by atoms with E-state index in [0.29, 0.717) is 0 Å². The van der Waals surface area contributed by atoms with Crippen LogP contribution in [0, 0.1) is 0 Å². The smallest absolute Gasteiger partial charge is 0.0547 e. The van der Waals surface area contributed by atoms with Crippen molar-refractivity contribution in [3.05, 3.63) is 193 Å². The van der Waals surface area contributed by atoms with Gasteiger partial charge in [0.1, 0.15) is 0 Å². The van der Waals surface area contributed by atoms with E-state index < -0.39 is 0 Å². The van der Waals surface area contributed by atoms with E-state index in [1.807, 2.05) is 0 Å². The van der Waals surface area contributed by atoms with Gasteiger partial charge in [0.2, 0.25) is 0 Å². The number of aromatic nitrogens is 2. The summed E-state index contributed by atoms with van der Waals surface area (Å²) in [6, 6.07) is 67.7. The first-order valence-electron chi connectivity index (χ1n) is 20.5. The second-order valence-electron chi connectivity index (χ2n) is 17.9. The molecule has 2 nitrogen and oxygen atoms in total. The average Bonchev–Trinajstić information content (AvgIpc) is 3.82. The first kappa shape index (κ1) is 35.8. The molecule has 2 heterocycles. The van der Waals surface area contributed by atoms with E-state index in [1.54, 1.807) is 0 Å². The third kappa shape index (κ3) is 6.12. The molecule has 0 N–H and O–H groups in total. The summed E-state index contributed by atoms with van der Waals surface area (Å²) in [7, 11) is 0. The summed E-state index contributed by atoms with van der Waals surface area (Å²) in [6.07, 6.45) is 0. The van der Waals surface area contributed by atoms with Crippen LogP contribution in [0.15, 0.2) is 182 Å². The zero-order valence-corrected chi connectivity index (χ0v) is 34.2. The number of fused-ring (bicyclic) bond motifs is 5. The second kappa shape index (κ2) is 13.5. The van der Waals surface area contributed by atoms with Crippen LogP contribution in [-0.2, 0) is 10.8 Å². The number of nitrogens with zero attached hydrogens (tertiary/aromatic N) is 2. The Hall–Kier alpha value is -6.64. The highest BCUT2D eigenvalue weighted by Gasteiger charge is 2.20. The topological polar surface area (TPSA) is 9.86 Å². The highest BCUT2D eigenvalue weighted by atomic mass is 15.0. The molecule has 0 radical (unpaired) electrons. The van der Waals surface area contributed by atoms with E-state index in [1.165, 1.54) is 93.8 Å². The fraction of sp³-hybridized carbons (Fsp3) is 0.143. The molecule has 0 saturated carbocycles. The van der Waals surface area contributed by atoms with Gasteiger partial charge in [0.25, 0.3) is 0 Å². The zero-order chi connectivity index (χ0) is 39.8.